The van der Waals surface area contributed by atoms with Crippen molar-refractivity contribution in [2.45, 2.75) is 103 Å². The van der Waals surface area contributed by atoms with E-state index in [1.54, 1.807) is 60.7 Å². The van der Waals surface area contributed by atoms with Crippen molar-refractivity contribution < 1.29 is 47.6 Å². The van der Waals surface area contributed by atoms with E-state index in [0.29, 0.717) is 71.3 Å². The van der Waals surface area contributed by atoms with Crippen molar-refractivity contribution >= 4 is 34.6 Å². The molecule has 0 radical (unpaired) electrons. The lowest BCUT2D eigenvalue weighted by Gasteiger charge is -2.12. The van der Waals surface area contributed by atoms with Gasteiger partial charge in [0.2, 0.25) is 0 Å². The number of ether oxygens (including phenoxy) is 6. The molecule has 0 unspecified atom stereocenters. The second-order valence-corrected chi connectivity index (χ2v) is 14.5. The molecule has 0 atom stereocenters. The van der Waals surface area contributed by atoms with Gasteiger partial charge in [-0.1, -0.05) is 114 Å². The summed E-state index contributed by atoms with van der Waals surface area (Å²) in [5.41, 5.74) is 0.775. The highest BCUT2D eigenvalue weighted by molar-refractivity contribution is 6.00. The number of benzene rings is 4. The van der Waals surface area contributed by atoms with E-state index in [1.165, 1.54) is 37.8 Å². The standard InChI is InChI=1S/C50H60O10/c1-3-47(51)57-37-21-15-11-7-5-9-13-19-35-55-41-29-25-39(26-30-41)49(53)59-45-33-34-46(44-24-18-17-23-43(44)45)60-50(54)40-27-31-42(32-28-40)56-36-20-14-10-6-8-12-16-22-38-58-48(52)4-2/h3-4,17-18,23-34H,1-2,5-16,19-22,35-38H2. The summed E-state index contributed by atoms with van der Waals surface area (Å²) in [5.74, 6) is 0.346. The van der Waals surface area contributed by atoms with E-state index in [0.717, 1.165) is 77.0 Å². The fourth-order valence-corrected chi connectivity index (χ4v) is 6.49. The van der Waals surface area contributed by atoms with E-state index >= 15 is 0 Å². The third kappa shape index (κ3) is 17.5. The molecule has 0 aliphatic rings. The lowest BCUT2D eigenvalue weighted by Crippen LogP contribution is -2.10. The summed E-state index contributed by atoms with van der Waals surface area (Å²) in [7, 11) is 0. The Morgan fingerprint density at radius 1 is 0.400 bits per heavy atom. The van der Waals surface area contributed by atoms with Crippen LogP contribution >= 0.6 is 0 Å². The molecular formula is C50H60O10. The Balaban J connectivity index is 1.12. The summed E-state index contributed by atoms with van der Waals surface area (Å²) in [4.78, 5) is 48.4. The molecule has 320 valence electrons. The van der Waals surface area contributed by atoms with Crippen molar-refractivity contribution in [3.8, 4) is 23.0 Å². The SMILES string of the molecule is C=CC(=O)OCCCCCCCCCCOc1ccc(C(=O)Oc2ccc(OC(=O)c3ccc(OCCCCCCCCCCOC(=O)C=C)cc3)c3ccccc23)cc1. The largest absolute Gasteiger partial charge is 0.494 e. The molecule has 0 fully saturated rings. The Morgan fingerprint density at radius 3 is 1.05 bits per heavy atom. The number of carbonyl (C=O) groups excluding carboxylic acids is 4. The van der Waals surface area contributed by atoms with Gasteiger partial charge in [-0.2, -0.15) is 0 Å². The van der Waals surface area contributed by atoms with E-state index in [4.69, 9.17) is 28.4 Å². The third-order valence-corrected chi connectivity index (χ3v) is 9.87. The van der Waals surface area contributed by atoms with Gasteiger partial charge in [-0.3, -0.25) is 0 Å². The highest BCUT2D eigenvalue weighted by Gasteiger charge is 2.16. The van der Waals surface area contributed by atoms with E-state index in [2.05, 4.69) is 13.2 Å². The fourth-order valence-electron chi connectivity index (χ4n) is 6.49. The molecule has 10 nitrogen and oxygen atoms in total. The Bertz CT molecular complexity index is 1790. The van der Waals surface area contributed by atoms with E-state index in [1.807, 2.05) is 24.3 Å². The van der Waals surface area contributed by atoms with Crippen LogP contribution in [-0.4, -0.2) is 50.3 Å². The van der Waals surface area contributed by atoms with Crippen LogP contribution in [0.2, 0.25) is 0 Å². The van der Waals surface area contributed by atoms with Gasteiger partial charge in [-0.15, -0.1) is 0 Å². The fraction of sp³-hybridized carbons (Fsp3) is 0.400. The first-order chi connectivity index (χ1) is 29.4. The van der Waals surface area contributed by atoms with E-state index in [9.17, 15) is 19.2 Å². The van der Waals surface area contributed by atoms with Crippen LogP contribution in [0.4, 0.5) is 0 Å². The maximum atomic E-state index is 13.1. The van der Waals surface area contributed by atoms with E-state index < -0.39 is 11.9 Å². The van der Waals surface area contributed by atoms with Gasteiger partial charge in [-0.05, 0) is 86.3 Å². The maximum absolute atomic E-state index is 13.1. The summed E-state index contributed by atoms with van der Waals surface area (Å²) in [6, 6.07) is 24.4. The molecular weight excluding hydrogens is 761 g/mol. The molecule has 60 heavy (non-hydrogen) atoms. The number of carbonyl (C=O) groups is 4. The summed E-state index contributed by atoms with van der Waals surface area (Å²) in [6.45, 7) is 8.90. The predicted molar refractivity (Wildman–Crippen MR) is 234 cm³/mol. The highest BCUT2D eigenvalue weighted by atomic mass is 16.5. The quantitative estimate of drug-likeness (QED) is 0.0217. The molecule has 4 aromatic rings. The highest BCUT2D eigenvalue weighted by Crippen LogP contribution is 2.34. The molecule has 10 heteroatoms. The van der Waals surface area contributed by atoms with Gasteiger partial charge in [0.15, 0.2) is 0 Å². The van der Waals surface area contributed by atoms with Gasteiger partial charge in [0.1, 0.15) is 23.0 Å². The lowest BCUT2D eigenvalue weighted by atomic mass is 10.1. The maximum Gasteiger partial charge on any atom is 0.343 e. The average Bonchev–Trinajstić information content (AvgIpc) is 3.28. The van der Waals surface area contributed by atoms with Crippen LogP contribution in [0, 0.1) is 0 Å². The minimum atomic E-state index is -0.509. The number of unbranched alkanes of at least 4 members (excludes halogenated alkanes) is 14. The van der Waals surface area contributed by atoms with Gasteiger partial charge in [-0.25, -0.2) is 19.2 Å². The molecule has 0 saturated carbocycles. The van der Waals surface area contributed by atoms with Gasteiger partial charge >= 0.3 is 23.9 Å². The van der Waals surface area contributed by atoms with Crippen LogP contribution < -0.4 is 18.9 Å². The number of esters is 4. The Hall–Kier alpha value is -5.90. The van der Waals surface area contributed by atoms with Crippen molar-refractivity contribution in [1.29, 1.82) is 0 Å². The minimum absolute atomic E-state index is 0.354. The van der Waals surface area contributed by atoms with Crippen LogP contribution in [0.1, 0.15) is 123 Å². The second-order valence-electron chi connectivity index (χ2n) is 14.5. The van der Waals surface area contributed by atoms with Crippen molar-refractivity contribution in [2.24, 2.45) is 0 Å². The molecule has 0 aromatic heterocycles. The zero-order chi connectivity index (χ0) is 42.6. The van der Waals surface area contributed by atoms with E-state index in [-0.39, 0.29) is 11.9 Å². The molecule has 0 aliphatic heterocycles. The van der Waals surface area contributed by atoms with Crippen LogP contribution in [0.3, 0.4) is 0 Å². The molecule has 0 heterocycles. The second kappa shape index (κ2) is 27.7. The van der Waals surface area contributed by atoms with Crippen molar-refractivity contribution in [3.63, 3.8) is 0 Å². The van der Waals surface area contributed by atoms with Gasteiger partial charge in [0, 0.05) is 22.9 Å². The van der Waals surface area contributed by atoms with Gasteiger partial charge in [0.25, 0.3) is 0 Å². The molecule has 4 aromatic carbocycles. The van der Waals surface area contributed by atoms with Crippen LogP contribution in [0.25, 0.3) is 10.8 Å². The van der Waals surface area contributed by atoms with Crippen LogP contribution in [-0.2, 0) is 19.1 Å². The zero-order valence-electron chi connectivity index (χ0n) is 34.9. The molecule has 0 N–H and O–H groups in total. The Labute approximate surface area is 354 Å². The molecule has 0 saturated heterocycles. The molecule has 0 spiro atoms. The number of fused-ring (bicyclic) bond motifs is 1. The summed E-state index contributed by atoms with van der Waals surface area (Å²) >= 11 is 0. The van der Waals surface area contributed by atoms with Gasteiger partial charge in [0.05, 0.1) is 37.6 Å². The molecule has 4 rings (SSSR count). The Morgan fingerprint density at radius 2 is 0.717 bits per heavy atom. The lowest BCUT2D eigenvalue weighted by molar-refractivity contribution is -0.138. The topological polar surface area (TPSA) is 124 Å². The van der Waals surface area contributed by atoms with Crippen LogP contribution in [0.15, 0.2) is 110 Å². The van der Waals surface area contributed by atoms with Crippen molar-refractivity contribution in [1.82, 2.24) is 0 Å². The molecule has 0 amide bonds. The zero-order valence-corrected chi connectivity index (χ0v) is 34.9. The normalized spacial score (nSPS) is 10.7. The summed E-state index contributed by atoms with van der Waals surface area (Å²) < 4.78 is 33.4. The van der Waals surface area contributed by atoms with Crippen molar-refractivity contribution in [2.75, 3.05) is 26.4 Å². The monoisotopic (exact) mass is 820 g/mol. The first-order valence-electron chi connectivity index (χ1n) is 21.4. The van der Waals surface area contributed by atoms with Gasteiger partial charge < -0.3 is 28.4 Å². The minimum Gasteiger partial charge on any atom is -0.494 e. The molecule has 0 aliphatic carbocycles. The smallest absolute Gasteiger partial charge is 0.343 e. The Kier molecular flexibility index (Phi) is 21.6. The van der Waals surface area contributed by atoms with Crippen LogP contribution in [0.5, 0.6) is 23.0 Å². The predicted octanol–water partition coefficient (Wildman–Crippen LogP) is 11.7. The number of hydrogen-bond donors (Lipinski definition) is 0. The average molecular weight is 821 g/mol. The summed E-state index contributed by atoms with van der Waals surface area (Å²) in [6.07, 6.45) is 19.5. The summed E-state index contributed by atoms with van der Waals surface area (Å²) in [5, 5.41) is 1.27. The number of hydrogen-bond acceptors (Lipinski definition) is 10. The van der Waals surface area contributed by atoms with Crippen molar-refractivity contribution in [3.05, 3.63) is 121 Å². The first kappa shape index (κ1) is 46.8. The number of rotatable bonds is 30. The molecule has 0 bridgehead atoms. The first-order valence-corrected chi connectivity index (χ1v) is 21.4. The third-order valence-electron chi connectivity index (χ3n) is 9.87.